The first-order chi connectivity index (χ1) is 15.5. The molecule has 7 heteroatoms. The van der Waals surface area contributed by atoms with Gasteiger partial charge in [0.1, 0.15) is 0 Å². The van der Waals surface area contributed by atoms with Crippen LogP contribution < -0.4 is 10.6 Å². The average molecular weight is 452 g/mol. The van der Waals surface area contributed by atoms with Crippen LogP contribution in [0.4, 0.5) is 4.79 Å². The Balaban J connectivity index is 1.60. The van der Waals surface area contributed by atoms with Crippen molar-refractivity contribution < 1.29 is 14.3 Å². The van der Waals surface area contributed by atoms with E-state index in [2.05, 4.69) is 33.7 Å². The number of ether oxygens (including phenoxy) is 1. The highest BCUT2D eigenvalue weighted by Crippen LogP contribution is 2.30. The summed E-state index contributed by atoms with van der Waals surface area (Å²) < 4.78 is 5.34. The fraction of sp³-hybridized carbons (Fsp3) is 0.280. The van der Waals surface area contributed by atoms with Crippen LogP contribution in [0.25, 0.3) is 5.57 Å². The Morgan fingerprint density at radius 2 is 1.91 bits per heavy atom. The Bertz CT molecular complexity index is 1050. The van der Waals surface area contributed by atoms with E-state index >= 15 is 0 Å². The monoisotopic (exact) mass is 451 g/mol. The van der Waals surface area contributed by atoms with Gasteiger partial charge in [-0.1, -0.05) is 60.1 Å². The number of rotatable bonds is 6. The molecule has 0 radical (unpaired) electrons. The summed E-state index contributed by atoms with van der Waals surface area (Å²) in [6, 6.07) is 16.5. The molecule has 0 saturated heterocycles. The molecule has 0 spiro atoms. The molecule has 0 aromatic heterocycles. The molecule has 2 aromatic carbocycles. The zero-order chi connectivity index (χ0) is 22.5. The number of benzene rings is 2. The van der Waals surface area contributed by atoms with E-state index in [1.54, 1.807) is 19.1 Å². The molecule has 2 heterocycles. The Hall–Kier alpha value is -3.09. The van der Waals surface area contributed by atoms with Gasteiger partial charge in [-0.2, -0.15) is 0 Å². The van der Waals surface area contributed by atoms with Gasteiger partial charge in [-0.25, -0.2) is 9.59 Å². The number of urea groups is 1. The van der Waals surface area contributed by atoms with Gasteiger partial charge in [0.2, 0.25) is 0 Å². The van der Waals surface area contributed by atoms with Crippen molar-refractivity contribution in [1.82, 2.24) is 15.5 Å². The van der Waals surface area contributed by atoms with Gasteiger partial charge in [-0.15, -0.1) is 0 Å². The second kappa shape index (κ2) is 10.0. The summed E-state index contributed by atoms with van der Waals surface area (Å²) in [5.41, 5.74) is 4.32. The third-order valence-electron chi connectivity index (χ3n) is 5.67. The Kier molecular flexibility index (Phi) is 6.93. The number of nitrogens with zero attached hydrogens (tertiary/aromatic N) is 1. The van der Waals surface area contributed by atoms with Gasteiger partial charge in [0, 0.05) is 30.4 Å². The summed E-state index contributed by atoms with van der Waals surface area (Å²) in [5, 5.41) is 6.29. The standard InChI is InChI=1S/C25H26ClN3O3/c1-2-32-24(30)22-21(27-25(31)28-23(22)19-8-10-20(26)11-9-19)16-29-14-12-18(13-15-29)17-6-4-3-5-7-17/h3-12,23H,2,13-16H2,1H3,(H2,27,28,31)/t23-/m0/s1. The van der Waals surface area contributed by atoms with E-state index in [4.69, 9.17) is 16.3 Å². The highest BCUT2D eigenvalue weighted by Gasteiger charge is 2.34. The summed E-state index contributed by atoms with van der Waals surface area (Å²) in [7, 11) is 0. The van der Waals surface area contributed by atoms with Crippen molar-refractivity contribution >= 4 is 29.2 Å². The van der Waals surface area contributed by atoms with E-state index in [1.807, 2.05) is 30.3 Å². The number of hydrogen-bond donors (Lipinski definition) is 2. The van der Waals surface area contributed by atoms with Gasteiger partial charge in [0.05, 0.1) is 18.2 Å². The van der Waals surface area contributed by atoms with Crippen LogP contribution in [0.3, 0.4) is 0 Å². The van der Waals surface area contributed by atoms with E-state index in [-0.39, 0.29) is 12.6 Å². The van der Waals surface area contributed by atoms with E-state index in [0.29, 0.717) is 22.8 Å². The van der Waals surface area contributed by atoms with Crippen LogP contribution in [0.5, 0.6) is 0 Å². The number of carbonyl (C=O) groups is 2. The van der Waals surface area contributed by atoms with Gasteiger partial charge >= 0.3 is 12.0 Å². The number of esters is 1. The molecule has 2 amide bonds. The predicted octanol–water partition coefficient (Wildman–Crippen LogP) is 4.30. The summed E-state index contributed by atoms with van der Waals surface area (Å²) in [6.45, 7) is 4.03. The lowest BCUT2D eigenvalue weighted by Gasteiger charge is -2.33. The van der Waals surface area contributed by atoms with Gasteiger partial charge in [0.15, 0.2) is 0 Å². The molecular weight excluding hydrogens is 426 g/mol. The molecule has 32 heavy (non-hydrogen) atoms. The topological polar surface area (TPSA) is 70.7 Å². The maximum atomic E-state index is 12.9. The lowest BCUT2D eigenvalue weighted by molar-refractivity contribution is -0.139. The quantitative estimate of drug-likeness (QED) is 0.642. The molecule has 0 aliphatic carbocycles. The number of amides is 2. The molecule has 2 aliphatic heterocycles. The van der Waals surface area contributed by atoms with E-state index in [9.17, 15) is 9.59 Å². The molecule has 0 unspecified atom stereocenters. The largest absolute Gasteiger partial charge is 0.463 e. The average Bonchev–Trinajstić information content (AvgIpc) is 2.80. The van der Waals surface area contributed by atoms with Crippen molar-refractivity contribution in [1.29, 1.82) is 0 Å². The van der Waals surface area contributed by atoms with Gasteiger partial charge in [-0.05, 0) is 42.2 Å². The van der Waals surface area contributed by atoms with Crippen molar-refractivity contribution in [3.8, 4) is 0 Å². The van der Waals surface area contributed by atoms with Crippen LogP contribution in [0.1, 0.15) is 30.5 Å². The first-order valence-electron chi connectivity index (χ1n) is 10.7. The Morgan fingerprint density at radius 1 is 1.16 bits per heavy atom. The van der Waals surface area contributed by atoms with Gasteiger partial charge < -0.3 is 15.4 Å². The zero-order valence-corrected chi connectivity index (χ0v) is 18.7. The first-order valence-corrected chi connectivity index (χ1v) is 11.1. The molecule has 2 N–H and O–H groups in total. The van der Waals surface area contributed by atoms with Crippen molar-refractivity contribution in [3.63, 3.8) is 0 Å². The molecule has 0 saturated carbocycles. The van der Waals surface area contributed by atoms with Crippen molar-refractivity contribution in [3.05, 3.63) is 88.1 Å². The van der Waals surface area contributed by atoms with E-state index < -0.39 is 12.0 Å². The van der Waals surface area contributed by atoms with Crippen LogP contribution >= 0.6 is 11.6 Å². The molecule has 166 valence electrons. The minimum atomic E-state index is -0.602. The van der Waals surface area contributed by atoms with Crippen LogP contribution in [0.15, 0.2) is 71.9 Å². The molecule has 4 rings (SSSR count). The number of nitrogens with one attached hydrogen (secondary N) is 2. The fourth-order valence-corrected chi connectivity index (χ4v) is 4.22. The molecule has 0 bridgehead atoms. The number of carbonyl (C=O) groups excluding carboxylic acids is 2. The van der Waals surface area contributed by atoms with Crippen LogP contribution in [-0.2, 0) is 9.53 Å². The minimum absolute atomic E-state index is 0.254. The fourth-order valence-electron chi connectivity index (χ4n) is 4.09. The normalized spacial score (nSPS) is 19.1. The second-order valence-electron chi connectivity index (χ2n) is 7.78. The van der Waals surface area contributed by atoms with Crippen LogP contribution in [0.2, 0.25) is 5.02 Å². The molecule has 1 atom stereocenters. The van der Waals surface area contributed by atoms with Crippen LogP contribution in [0, 0.1) is 0 Å². The maximum absolute atomic E-state index is 12.9. The van der Waals surface area contributed by atoms with Gasteiger partial charge in [-0.3, -0.25) is 4.90 Å². The third-order valence-corrected chi connectivity index (χ3v) is 5.92. The van der Waals surface area contributed by atoms with Crippen molar-refractivity contribution in [2.75, 3.05) is 26.2 Å². The maximum Gasteiger partial charge on any atom is 0.338 e. The number of hydrogen-bond acceptors (Lipinski definition) is 4. The SMILES string of the molecule is CCOC(=O)C1=C(CN2CC=C(c3ccccc3)CC2)NC(=O)N[C@H]1c1ccc(Cl)cc1. The summed E-state index contributed by atoms with van der Waals surface area (Å²) in [6.07, 6.45) is 3.11. The highest BCUT2D eigenvalue weighted by molar-refractivity contribution is 6.30. The van der Waals surface area contributed by atoms with E-state index in [1.165, 1.54) is 11.1 Å². The van der Waals surface area contributed by atoms with Crippen molar-refractivity contribution in [2.45, 2.75) is 19.4 Å². The predicted molar refractivity (Wildman–Crippen MR) is 125 cm³/mol. The van der Waals surface area contributed by atoms with Gasteiger partial charge in [0.25, 0.3) is 0 Å². The van der Waals surface area contributed by atoms with Crippen molar-refractivity contribution in [2.24, 2.45) is 0 Å². The second-order valence-corrected chi connectivity index (χ2v) is 8.21. The first kappa shape index (κ1) is 22.1. The van der Waals surface area contributed by atoms with Crippen LogP contribution in [-0.4, -0.2) is 43.1 Å². The molecule has 6 nitrogen and oxygen atoms in total. The summed E-state index contributed by atoms with van der Waals surface area (Å²) >= 11 is 6.03. The molecule has 2 aromatic rings. The zero-order valence-electron chi connectivity index (χ0n) is 17.9. The summed E-state index contributed by atoms with van der Waals surface area (Å²) in [5.74, 6) is -0.438. The molecule has 2 aliphatic rings. The smallest absolute Gasteiger partial charge is 0.338 e. The Labute approximate surface area is 192 Å². The lowest BCUT2D eigenvalue weighted by Crippen LogP contribution is -2.48. The molecular formula is C25H26ClN3O3. The van der Waals surface area contributed by atoms with E-state index in [0.717, 1.165) is 25.1 Å². The minimum Gasteiger partial charge on any atom is -0.463 e. The lowest BCUT2D eigenvalue weighted by atomic mass is 9.94. The summed E-state index contributed by atoms with van der Waals surface area (Å²) in [4.78, 5) is 27.6. The molecule has 0 fully saturated rings. The highest BCUT2D eigenvalue weighted by atomic mass is 35.5. The third kappa shape index (κ3) is 5.03. The number of halogens is 1. The Morgan fingerprint density at radius 3 is 2.56 bits per heavy atom.